The second-order valence-electron chi connectivity index (χ2n) is 6.32. The van der Waals surface area contributed by atoms with Crippen LogP contribution in [0.3, 0.4) is 0 Å². The van der Waals surface area contributed by atoms with Crippen LogP contribution in [0.4, 0.5) is 10.2 Å². The van der Waals surface area contributed by atoms with Gasteiger partial charge < -0.3 is 5.32 Å². The fourth-order valence-electron chi connectivity index (χ4n) is 3.09. The lowest BCUT2D eigenvalue weighted by molar-refractivity contribution is -0.112. The number of carbonyl (C=O) groups is 2. The van der Waals surface area contributed by atoms with Crippen LogP contribution in [0.5, 0.6) is 0 Å². The molecule has 3 aromatic heterocycles. The van der Waals surface area contributed by atoms with E-state index in [9.17, 15) is 14.0 Å². The number of imidazole rings is 1. The van der Waals surface area contributed by atoms with Gasteiger partial charge in [0, 0.05) is 29.9 Å². The third-order valence-corrected chi connectivity index (χ3v) is 5.31. The molecule has 4 rings (SSSR count). The van der Waals surface area contributed by atoms with Crippen molar-refractivity contribution in [3.05, 3.63) is 58.6 Å². The Morgan fingerprint density at radius 3 is 2.54 bits per heavy atom. The maximum Gasteiger partial charge on any atom is 0.298 e. The van der Waals surface area contributed by atoms with Crippen LogP contribution in [0, 0.1) is 19.7 Å². The van der Waals surface area contributed by atoms with E-state index >= 15 is 0 Å². The van der Waals surface area contributed by atoms with E-state index in [1.165, 1.54) is 23.5 Å². The molecule has 28 heavy (non-hydrogen) atoms. The molecular formula is C19H16FN5O2S. The predicted molar refractivity (Wildman–Crippen MR) is 104 cm³/mol. The Morgan fingerprint density at radius 2 is 1.89 bits per heavy atom. The first-order valence-corrected chi connectivity index (χ1v) is 9.32. The number of carbonyl (C=O) groups excluding carboxylic acids is 2. The van der Waals surface area contributed by atoms with Gasteiger partial charge in [0.25, 0.3) is 11.7 Å². The number of hydrogen-bond acceptors (Lipinski definition) is 5. The molecule has 0 fully saturated rings. The molecule has 9 heteroatoms. The lowest BCUT2D eigenvalue weighted by Crippen LogP contribution is -2.25. The molecule has 1 amide bonds. The number of nitrogens with one attached hydrogen (secondary N) is 1. The van der Waals surface area contributed by atoms with Gasteiger partial charge in [-0.15, -0.1) is 11.3 Å². The molecule has 0 radical (unpaired) electrons. The Hall–Kier alpha value is -3.33. The van der Waals surface area contributed by atoms with Crippen molar-refractivity contribution < 1.29 is 14.0 Å². The molecule has 0 spiro atoms. The van der Waals surface area contributed by atoms with E-state index in [0.29, 0.717) is 33.4 Å². The summed E-state index contributed by atoms with van der Waals surface area (Å²) < 4.78 is 16.5. The van der Waals surface area contributed by atoms with Crippen molar-refractivity contribution in [2.75, 3.05) is 5.32 Å². The quantitative estimate of drug-likeness (QED) is 0.423. The zero-order valence-corrected chi connectivity index (χ0v) is 16.2. The van der Waals surface area contributed by atoms with Gasteiger partial charge in [-0.2, -0.15) is 5.10 Å². The molecule has 0 saturated carbocycles. The minimum absolute atomic E-state index is 0.286. The highest BCUT2D eigenvalue weighted by Gasteiger charge is 2.26. The molecule has 0 aliphatic heterocycles. The molecule has 142 valence electrons. The molecular weight excluding hydrogens is 381 g/mol. The van der Waals surface area contributed by atoms with Crippen LogP contribution in [0.25, 0.3) is 16.2 Å². The second kappa shape index (κ2) is 6.68. The standard InChI is InChI=1S/C19H16FN5O2S/c1-10-14(11(2)24(3)23-10)16(26)18(27)22-17-15(12-4-6-13(20)7-5-12)21-19-25(17)8-9-28-19/h4-9H,1-3H3,(H,22,27). The first-order valence-electron chi connectivity index (χ1n) is 8.44. The summed E-state index contributed by atoms with van der Waals surface area (Å²) in [7, 11) is 1.72. The van der Waals surface area contributed by atoms with E-state index in [4.69, 9.17) is 0 Å². The first-order chi connectivity index (χ1) is 13.4. The maximum atomic E-state index is 13.3. The number of rotatable bonds is 4. The van der Waals surface area contributed by atoms with Crippen LogP contribution < -0.4 is 5.32 Å². The number of aromatic nitrogens is 4. The molecule has 0 aliphatic rings. The number of anilines is 1. The average Bonchev–Trinajstić information content (AvgIpc) is 3.31. The van der Waals surface area contributed by atoms with Crippen LogP contribution >= 0.6 is 11.3 Å². The molecule has 0 atom stereocenters. The smallest absolute Gasteiger partial charge is 0.298 e. The molecule has 7 nitrogen and oxygen atoms in total. The maximum absolute atomic E-state index is 13.3. The number of benzene rings is 1. The third-order valence-electron chi connectivity index (χ3n) is 4.55. The summed E-state index contributed by atoms with van der Waals surface area (Å²) in [6, 6.07) is 5.80. The number of nitrogens with zero attached hydrogens (tertiary/aromatic N) is 4. The molecule has 0 saturated heterocycles. The average molecular weight is 397 g/mol. The molecule has 4 aromatic rings. The third kappa shape index (κ3) is 2.89. The molecule has 1 N–H and O–H groups in total. The van der Waals surface area contributed by atoms with Gasteiger partial charge in [0.1, 0.15) is 17.3 Å². The van der Waals surface area contributed by atoms with Crippen LogP contribution in [0.15, 0.2) is 35.8 Å². The highest BCUT2D eigenvalue weighted by Crippen LogP contribution is 2.31. The van der Waals surface area contributed by atoms with Crippen molar-refractivity contribution >= 4 is 33.8 Å². The van der Waals surface area contributed by atoms with Crippen LogP contribution in [-0.2, 0) is 11.8 Å². The van der Waals surface area contributed by atoms with Gasteiger partial charge in [-0.1, -0.05) is 0 Å². The van der Waals surface area contributed by atoms with Gasteiger partial charge in [-0.05, 0) is 38.1 Å². The van der Waals surface area contributed by atoms with Crippen LogP contribution in [0.2, 0.25) is 0 Å². The Bertz CT molecular complexity index is 1220. The summed E-state index contributed by atoms with van der Waals surface area (Å²) >= 11 is 1.39. The summed E-state index contributed by atoms with van der Waals surface area (Å²) in [6.45, 7) is 3.42. The largest absolute Gasteiger partial charge is 0.303 e. The normalized spacial score (nSPS) is 11.1. The zero-order valence-electron chi connectivity index (χ0n) is 15.4. The highest BCUT2D eigenvalue weighted by atomic mass is 32.1. The van der Waals surface area contributed by atoms with Crippen molar-refractivity contribution in [2.24, 2.45) is 7.05 Å². The van der Waals surface area contributed by atoms with Crippen LogP contribution in [0.1, 0.15) is 21.7 Å². The van der Waals surface area contributed by atoms with Crippen molar-refractivity contribution in [1.82, 2.24) is 19.2 Å². The lowest BCUT2D eigenvalue weighted by atomic mass is 10.1. The summed E-state index contributed by atoms with van der Waals surface area (Å²) in [5.41, 5.74) is 2.49. The predicted octanol–water partition coefficient (Wildman–Crippen LogP) is 3.37. The van der Waals surface area contributed by atoms with Crippen molar-refractivity contribution in [3.63, 3.8) is 0 Å². The van der Waals surface area contributed by atoms with Gasteiger partial charge in [-0.3, -0.25) is 18.7 Å². The van der Waals surface area contributed by atoms with Gasteiger partial charge in [0.2, 0.25) is 0 Å². The van der Waals surface area contributed by atoms with E-state index in [1.807, 2.05) is 5.38 Å². The monoisotopic (exact) mass is 397 g/mol. The molecule has 3 heterocycles. The fourth-order valence-corrected chi connectivity index (χ4v) is 3.81. The van der Waals surface area contributed by atoms with E-state index in [2.05, 4.69) is 15.4 Å². The highest BCUT2D eigenvalue weighted by molar-refractivity contribution is 7.15. The topological polar surface area (TPSA) is 81.3 Å². The number of fused-ring (bicyclic) bond motifs is 1. The molecule has 0 unspecified atom stereocenters. The van der Waals surface area contributed by atoms with Crippen molar-refractivity contribution in [2.45, 2.75) is 13.8 Å². The second-order valence-corrected chi connectivity index (χ2v) is 7.20. The number of halogens is 1. The Labute approximate surface area is 163 Å². The number of thiazole rings is 1. The number of ketones is 1. The van der Waals surface area contributed by atoms with Gasteiger partial charge in [0.05, 0.1) is 11.3 Å². The first kappa shape index (κ1) is 18.1. The number of aryl methyl sites for hydroxylation is 2. The van der Waals surface area contributed by atoms with E-state index in [-0.39, 0.29) is 11.4 Å². The van der Waals surface area contributed by atoms with E-state index in [1.54, 1.807) is 48.3 Å². The summed E-state index contributed by atoms with van der Waals surface area (Å²) in [6.07, 6.45) is 1.75. The number of Topliss-reactive ketones (excluding diaryl/α,β-unsaturated/α-hetero) is 1. The summed E-state index contributed by atoms with van der Waals surface area (Å²) in [5.74, 6) is -1.46. The Morgan fingerprint density at radius 1 is 1.18 bits per heavy atom. The number of hydrogen-bond donors (Lipinski definition) is 1. The molecule has 0 aliphatic carbocycles. The van der Waals surface area contributed by atoms with E-state index < -0.39 is 11.7 Å². The van der Waals surface area contributed by atoms with Gasteiger partial charge in [0.15, 0.2) is 4.96 Å². The SMILES string of the molecule is Cc1nn(C)c(C)c1C(=O)C(=O)Nc1c(-c2ccc(F)cc2)nc2sccn12. The van der Waals surface area contributed by atoms with Crippen molar-refractivity contribution in [3.8, 4) is 11.3 Å². The van der Waals surface area contributed by atoms with Crippen molar-refractivity contribution in [1.29, 1.82) is 0 Å². The van der Waals surface area contributed by atoms with Gasteiger partial charge >= 0.3 is 0 Å². The summed E-state index contributed by atoms with van der Waals surface area (Å²) in [4.78, 5) is 30.6. The zero-order chi connectivity index (χ0) is 20.0. The summed E-state index contributed by atoms with van der Waals surface area (Å²) in [5, 5.41) is 8.70. The van der Waals surface area contributed by atoms with Gasteiger partial charge in [-0.25, -0.2) is 9.37 Å². The lowest BCUT2D eigenvalue weighted by Gasteiger charge is -2.07. The Balaban J connectivity index is 1.74. The molecule has 1 aromatic carbocycles. The fraction of sp³-hybridized carbons (Fsp3) is 0.158. The minimum Gasteiger partial charge on any atom is -0.303 e. The number of amides is 1. The minimum atomic E-state index is -0.782. The van der Waals surface area contributed by atoms with E-state index in [0.717, 1.165) is 0 Å². The Kier molecular flexibility index (Phi) is 4.31. The molecule has 0 bridgehead atoms. The van der Waals surface area contributed by atoms with Crippen LogP contribution in [-0.4, -0.2) is 30.9 Å².